The van der Waals surface area contributed by atoms with Crippen LogP contribution in [0.15, 0.2) is 0 Å². The molecule has 2 atom stereocenters. The first-order chi connectivity index (χ1) is 7.16. The molecule has 0 heterocycles. The Morgan fingerprint density at radius 3 is 2.33 bits per heavy atom. The summed E-state index contributed by atoms with van der Waals surface area (Å²) in [5.74, 6) is 2.81. The lowest BCUT2D eigenvalue weighted by molar-refractivity contribution is 0.135. The van der Waals surface area contributed by atoms with Gasteiger partial charge in [0, 0.05) is 12.1 Å². The van der Waals surface area contributed by atoms with Crippen LogP contribution in [0, 0.1) is 17.8 Å². The van der Waals surface area contributed by atoms with Crippen molar-refractivity contribution in [3.8, 4) is 0 Å². The molecule has 0 spiro atoms. The van der Waals surface area contributed by atoms with Crippen LogP contribution in [0.4, 0.5) is 0 Å². The average molecular weight is 209 g/mol. The van der Waals surface area contributed by atoms with Gasteiger partial charge in [-0.3, -0.25) is 0 Å². The number of rotatable bonds is 3. The fraction of sp³-hybridized carbons (Fsp3) is 1.00. The van der Waals surface area contributed by atoms with Crippen molar-refractivity contribution in [3.05, 3.63) is 0 Å². The fourth-order valence-electron chi connectivity index (χ4n) is 3.21. The molecule has 1 heteroatoms. The third-order valence-electron chi connectivity index (χ3n) is 4.68. The lowest BCUT2D eigenvalue weighted by Crippen LogP contribution is -2.50. The second kappa shape index (κ2) is 4.86. The smallest absolute Gasteiger partial charge is 0.00952 e. The van der Waals surface area contributed by atoms with Crippen molar-refractivity contribution in [1.29, 1.82) is 0 Å². The van der Waals surface area contributed by atoms with Crippen LogP contribution in [0.2, 0.25) is 0 Å². The minimum Gasteiger partial charge on any atom is -0.311 e. The molecule has 0 aromatic rings. The Morgan fingerprint density at radius 1 is 1.07 bits per heavy atom. The van der Waals surface area contributed by atoms with Crippen LogP contribution in [0.3, 0.4) is 0 Å². The minimum atomic E-state index is 0.830. The van der Waals surface area contributed by atoms with Gasteiger partial charge in [-0.25, -0.2) is 0 Å². The Balaban J connectivity index is 1.70. The van der Waals surface area contributed by atoms with E-state index in [0.717, 1.165) is 29.8 Å². The van der Waals surface area contributed by atoms with Crippen molar-refractivity contribution in [2.24, 2.45) is 17.8 Å². The summed E-state index contributed by atoms with van der Waals surface area (Å²) in [6.07, 6.45) is 8.63. The highest BCUT2D eigenvalue weighted by molar-refractivity contribution is 4.90. The van der Waals surface area contributed by atoms with E-state index in [1.807, 2.05) is 0 Å². The van der Waals surface area contributed by atoms with E-state index in [1.54, 1.807) is 0 Å². The zero-order valence-corrected chi connectivity index (χ0v) is 10.6. The molecule has 2 aliphatic carbocycles. The summed E-state index contributed by atoms with van der Waals surface area (Å²) in [6, 6.07) is 1.68. The van der Waals surface area contributed by atoms with Gasteiger partial charge in [0.05, 0.1) is 0 Å². The van der Waals surface area contributed by atoms with Crippen molar-refractivity contribution >= 4 is 0 Å². The van der Waals surface area contributed by atoms with Crippen molar-refractivity contribution in [1.82, 2.24) is 5.32 Å². The monoisotopic (exact) mass is 209 g/mol. The van der Waals surface area contributed by atoms with Crippen LogP contribution in [0.1, 0.15) is 59.3 Å². The standard InChI is InChI=1S/C14H27N/c1-10(2)12-8-13(9-12)15-14-7-5-4-6-11(14)3/h10-15H,4-9H2,1-3H3. The molecule has 0 radical (unpaired) electrons. The number of hydrogen-bond acceptors (Lipinski definition) is 1. The van der Waals surface area contributed by atoms with Gasteiger partial charge in [-0.05, 0) is 43.4 Å². The van der Waals surface area contributed by atoms with E-state index in [-0.39, 0.29) is 0 Å². The maximum Gasteiger partial charge on any atom is 0.00952 e. The first-order valence-electron chi connectivity index (χ1n) is 6.93. The van der Waals surface area contributed by atoms with Gasteiger partial charge in [0.2, 0.25) is 0 Å². The molecule has 0 aliphatic heterocycles. The van der Waals surface area contributed by atoms with Gasteiger partial charge >= 0.3 is 0 Å². The summed E-state index contributed by atoms with van der Waals surface area (Å²) in [7, 11) is 0. The molecule has 2 unspecified atom stereocenters. The molecule has 0 aromatic carbocycles. The molecule has 0 bridgehead atoms. The summed E-state index contributed by atoms with van der Waals surface area (Å²) >= 11 is 0. The topological polar surface area (TPSA) is 12.0 Å². The largest absolute Gasteiger partial charge is 0.311 e. The van der Waals surface area contributed by atoms with Crippen molar-refractivity contribution in [2.75, 3.05) is 0 Å². The molecule has 2 saturated carbocycles. The van der Waals surface area contributed by atoms with Crippen LogP contribution in [-0.4, -0.2) is 12.1 Å². The quantitative estimate of drug-likeness (QED) is 0.749. The highest BCUT2D eigenvalue weighted by Gasteiger charge is 2.33. The summed E-state index contributed by atoms with van der Waals surface area (Å²) in [4.78, 5) is 0. The summed E-state index contributed by atoms with van der Waals surface area (Å²) in [5.41, 5.74) is 0. The van der Waals surface area contributed by atoms with Crippen molar-refractivity contribution < 1.29 is 0 Å². The number of nitrogens with one attached hydrogen (secondary N) is 1. The first kappa shape index (κ1) is 11.4. The Hall–Kier alpha value is -0.0400. The minimum absolute atomic E-state index is 0.830. The van der Waals surface area contributed by atoms with Gasteiger partial charge in [-0.15, -0.1) is 0 Å². The predicted octanol–water partition coefficient (Wildman–Crippen LogP) is 3.59. The normalized spacial score (nSPS) is 41.6. The van der Waals surface area contributed by atoms with E-state index in [2.05, 4.69) is 26.1 Å². The highest BCUT2D eigenvalue weighted by Crippen LogP contribution is 2.35. The van der Waals surface area contributed by atoms with E-state index in [4.69, 9.17) is 0 Å². The molecule has 2 aliphatic rings. The Bertz CT molecular complexity index is 194. The zero-order chi connectivity index (χ0) is 10.8. The van der Waals surface area contributed by atoms with Crippen molar-refractivity contribution in [2.45, 2.75) is 71.4 Å². The van der Waals surface area contributed by atoms with Gasteiger partial charge in [-0.2, -0.15) is 0 Å². The molecule has 1 N–H and O–H groups in total. The van der Waals surface area contributed by atoms with Crippen LogP contribution in [0.25, 0.3) is 0 Å². The SMILES string of the molecule is CC(C)C1CC(NC2CCCCC2C)C1. The van der Waals surface area contributed by atoms with Gasteiger partial charge in [-0.1, -0.05) is 33.6 Å². The predicted molar refractivity (Wildman–Crippen MR) is 65.9 cm³/mol. The average Bonchev–Trinajstić information content (AvgIpc) is 2.12. The maximum atomic E-state index is 3.89. The number of hydrogen-bond donors (Lipinski definition) is 1. The second-order valence-electron chi connectivity index (χ2n) is 6.21. The van der Waals surface area contributed by atoms with Gasteiger partial charge < -0.3 is 5.32 Å². The zero-order valence-electron chi connectivity index (χ0n) is 10.6. The molecule has 0 saturated heterocycles. The van der Waals surface area contributed by atoms with Crippen LogP contribution in [-0.2, 0) is 0 Å². The van der Waals surface area contributed by atoms with Crippen LogP contribution in [0.5, 0.6) is 0 Å². The van der Waals surface area contributed by atoms with E-state index >= 15 is 0 Å². The van der Waals surface area contributed by atoms with E-state index in [9.17, 15) is 0 Å². The summed E-state index contributed by atoms with van der Waals surface area (Å²) in [6.45, 7) is 7.16. The Kier molecular flexibility index (Phi) is 3.71. The fourth-order valence-corrected chi connectivity index (χ4v) is 3.21. The van der Waals surface area contributed by atoms with Crippen LogP contribution >= 0.6 is 0 Å². The Labute approximate surface area is 95.0 Å². The second-order valence-corrected chi connectivity index (χ2v) is 6.21. The lowest BCUT2D eigenvalue weighted by atomic mass is 9.72. The van der Waals surface area contributed by atoms with E-state index < -0.39 is 0 Å². The molecule has 88 valence electrons. The van der Waals surface area contributed by atoms with Gasteiger partial charge in [0.1, 0.15) is 0 Å². The summed E-state index contributed by atoms with van der Waals surface area (Å²) < 4.78 is 0. The lowest BCUT2D eigenvalue weighted by Gasteiger charge is -2.43. The van der Waals surface area contributed by atoms with Crippen LogP contribution < -0.4 is 5.32 Å². The first-order valence-corrected chi connectivity index (χ1v) is 6.93. The maximum absolute atomic E-state index is 3.89. The molecular weight excluding hydrogens is 182 g/mol. The molecule has 15 heavy (non-hydrogen) atoms. The molecule has 2 rings (SSSR count). The highest BCUT2D eigenvalue weighted by atomic mass is 15.0. The van der Waals surface area contributed by atoms with E-state index in [0.29, 0.717) is 0 Å². The summed E-state index contributed by atoms with van der Waals surface area (Å²) in [5, 5.41) is 3.89. The Morgan fingerprint density at radius 2 is 1.73 bits per heavy atom. The van der Waals surface area contributed by atoms with Gasteiger partial charge in [0.25, 0.3) is 0 Å². The molecular formula is C14H27N. The van der Waals surface area contributed by atoms with Gasteiger partial charge in [0.15, 0.2) is 0 Å². The van der Waals surface area contributed by atoms with E-state index in [1.165, 1.54) is 38.5 Å². The third-order valence-corrected chi connectivity index (χ3v) is 4.68. The molecule has 1 nitrogen and oxygen atoms in total. The molecule has 2 fully saturated rings. The van der Waals surface area contributed by atoms with Crippen molar-refractivity contribution in [3.63, 3.8) is 0 Å². The molecule has 0 aromatic heterocycles. The third kappa shape index (κ3) is 2.75. The molecule has 0 amide bonds.